The Labute approximate surface area is 305 Å². The molecule has 6 rings (SSSR count). The minimum atomic E-state index is -10.7. The van der Waals surface area contributed by atoms with Gasteiger partial charge in [0.25, 0.3) is 0 Å². The van der Waals surface area contributed by atoms with Crippen LogP contribution in [0.3, 0.4) is 0 Å². The first-order valence-corrected chi connectivity index (χ1v) is 19.3. The first kappa shape index (κ1) is 50.6. The number of hydrogen-bond acceptors (Lipinski definition) is 6. The zero-order valence-electron chi connectivity index (χ0n) is 26.1. The largest absolute Gasteiger partial charge is 3.00 e. The molecule has 0 aliphatic heterocycles. The molecule has 0 aromatic carbocycles. The second kappa shape index (κ2) is 16.0. The molecule has 0 unspecified atom stereocenters. The molecule has 31 heteroatoms. The number of pyridine rings is 3. The molecule has 6 heterocycles. The molecule has 0 aliphatic rings. The predicted molar refractivity (Wildman–Crippen MR) is 165 cm³/mol. The molecular formula is C24H21CoF18N9P3. The van der Waals surface area contributed by atoms with Gasteiger partial charge in [0.2, 0.25) is 0 Å². The average Bonchev–Trinajstić information content (AvgIpc) is 3.79. The van der Waals surface area contributed by atoms with Crippen LogP contribution in [0.1, 0.15) is 0 Å². The molecule has 55 heavy (non-hydrogen) atoms. The molecule has 0 saturated heterocycles. The van der Waals surface area contributed by atoms with Crippen LogP contribution in [0.25, 0.3) is 17.5 Å². The van der Waals surface area contributed by atoms with Crippen molar-refractivity contribution in [2.45, 2.75) is 0 Å². The van der Waals surface area contributed by atoms with E-state index in [2.05, 4.69) is 30.2 Å². The number of aromatic nitrogens is 9. The van der Waals surface area contributed by atoms with Gasteiger partial charge in [0, 0.05) is 55.8 Å². The fourth-order valence-electron chi connectivity index (χ4n) is 2.68. The third kappa shape index (κ3) is 40.6. The van der Waals surface area contributed by atoms with Crippen LogP contribution < -0.4 is 0 Å². The van der Waals surface area contributed by atoms with Gasteiger partial charge in [-0.3, -0.25) is 0 Å². The molecule has 6 aromatic rings. The van der Waals surface area contributed by atoms with Gasteiger partial charge in [-0.05, 0) is 54.6 Å². The molecule has 0 bridgehead atoms. The van der Waals surface area contributed by atoms with Crippen molar-refractivity contribution in [3.63, 3.8) is 0 Å². The second-order valence-corrected chi connectivity index (χ2v) is 15.0. The molecule has 9 nitrogen and oxygen atoms in total. The fraction of sp³-hybridized carbons (Fsp3) is 0. The summed E-state index contributed by atoms with van der Waals surface area (Å²) in [6.07, 6.45) is 16.0. The van der Waals surface area contributed by atoms with Crippen LogP contribution in [0, 0.1) is 0 Å². The molecule has 312 valence electrons. The van der Waals surface area contributed by atoms with Crippen molar-refractivity contribution in [2.75, 3.05) is 0 Å². The van der Waals surface area contributed by atoms with E-state index < -0.39 is 23.4 Å². The summed E-state index contributed by atoms with van der Waals surface area (Å²) in [6.45, 7) is 0. The van der Waals surface area contributed by atoms with Crippen LogP contribution in [0.15, 0.2) is 129 Å². The van der Waals surface area contributed by atoms with Gasteiger partial charge in [-0.2, -0.15) is 15.3 Å². The fourth-order valence-corrected chi connectivity index (χ4v) is 2.68. The maximum absolute atomic E-state index is 10.7. The summed E-state index contributed by atoms with van der Waals surface area (Å²) in [7, 11) is -32.0. The molecular weight excluding hydrogens is 908 g/mol. The van der Waals surface area contributed by atoms with E-state index in [0.717, 1.165) is 17.5 Å². The Morgan fingerprint density at radius 2 is 0.509 bits per heavy atom. The monoisotopic (exact) mass is 929 g/mol. The van der Waals surface area contributed by atoms with Gasteiger partial charge in [0.15, 0.2) is 17.5 Å². The van der Waals surface area contributed by atoms with Crippen molar-refractivity contribution in [1.82, 2.24) is 44.3 Å². The smallest absolute Gasteiger partial charge is 0.237 e. The van der Waals surface area contributed by atoms with Crippen LogP contribution in [-0.2, 0) is 16.8 Å². The van der Waals surface area contributed by atoms with Crippen LogP contribution in [0.2, 0.25) is 0 Å². The Morgan fingerprint density at radius 3 is 0.636 bits per heavy atom. The topological polar surface area (TPSA) is 92.1 Å². The zero-order chi connectivity index (χ0) is 41.8. The average molecular weight is 929 g/mol. The van der Waals surface area contributed by atoms with Crippen LogP contribution in [0.5, 0.6) is 0 Å². The quantitative estimate of drug-likeness (QED) is 0.130. The van der Waals surface area contributed by atoms with E-state index in [9.17, 15) is 75.5 Å². The second-order valence-electron chi connectivity index (χ2n) is 9.29. The third-order valence-corrected chi connectivity index (χ3v) is 4.17. The van der Waals surface area contributed by atoms with Crippen LogP contribution in [0.4, 0.5) is 75.5 Å². The summed E-state index contributed by atoms with van der Waals surface area (Å²) in [6, 6.07) is 22.8. The molecule has 0 amide bonds. The summed E-state index contributed by atoms with van der Waals surface area (Å²) in [5, 5.41) is 12.1. The van der Waals surface area contributed by atoms with Crippen molar-refractivity contribution in [1.29, 1.82) is 0 Å². The number of rotatable bonds is 3. The van der Waals surface area contributed by atoms with Gasteiger partial charge in [-0.1, -0.05) is 18.2 Å². The van der Waals surface area contributed by atoms with Gasteiger partial charge in [0.1, 0.15) is 0 Å². The molecule has 0 radical (unpaired) electrons. The Kier molecular flexibility index (Phi) is 14.7. The molecule has 0 atom stereocenters. The Balaban J connectivity index is 0.000000644. The molecule has 0 saturated carbocycles. The summed E-state index contributed by atoms with van der Waals surface area (Å²) in [4.78, 5) is 12.4. The van der Waals surface area contributed by atoms with Gasteiger partial charge in [-0.15, -0.1) is 0 Å². The van der Waals surface area contributed by atoms with E-state index in [1.165, 1.54) is 0 Å². The van der Waals surface area contributed by atoms with E-state index >= 15 is 0 Å². The van der Waals surface area contributed by atoms with Crippen molar-refractivity contribution in [3.8, 4) is 17.5 Å². The van der Waals surface area contributed by atoms with Gasteiger partial charge in [-0.25, -0.2) is 29.0 Å². The van der Waals surface area contributed by atoms with E-state index in [0.29, 0.717) is 0 Å². The number of halogens is 18. The zero-order valence-corrected chi connectivity index (χ0v) is 29.9. The Hall–Kier alpha value is -4.38. The van der Waals surface area contributed by atoms with Gasteiger partial charge in [0.05, 0.1) is 0 Å². The van der Waals surface area contributed by atoms with Crippen LogP contribution >= 0.6 is 23.4 Å². The normalized spacial score (nSPS) is 14.7. The minimum Gasteiger partial charge on any atom is -0.237 e. The summed E-state index contributed by atoms with van der Waals surface area (Å²) in [5.41, 5.74) is 0. The Morgan fingerprint density at radius 1 is 0.309 bits per heavy atom. The third-order valence-electron chi connectivity index (χ3n) is 4.17. The Bertz CT molecular complexity index is 1690. The minimum absolute atomic E-state index is 0. The summed E-state index contributed by atoms with van der Waals surface area (Å²) < 4.78 is 183. The van der Waals surface area contributed by atoms with E-state index in [1.807, 2.05) is 91.4 Å². The van der Waals surface area contributed by atoms with E-state index in [1.54, 1.807) is 51.2 Å². The summed E-state index contributed by atoms with van der Waals surface area (Å²) >= 11 is 0. The van der Waals surface area contributed by atoms with E-state index in [-0.39, 0.29) is 16.8 Å². The number of nitrogens with zero attached hydrogens (tertiary/aromatic N) is 9. The molecule has 6 aromatic heterocycles. The first-order valence-electron chi connectivity index (χ1n) is 13.2. The van der Waals surface area contributed by atoms with Gasteiger partial charge < -0.3 is 0 Å². The van der Waals surface area contributed by atoms with Crippen molar-refractivity contribution in [2.24, 2.45) is 0 Å². The predicted octanol–water partition coefficient (Wildman–Crippen LogP) is 13.9. The molecule has 0 aliphatic carbocycles. The SMILES string of the molecule is F[P-](F)(F)(F)(F)F.F[P-](F)(F)(F)(F)F.F[P-](F)(F)(F)(F)F.[Co+3].c1ccc(-n2cccn2)nc1.c1ccc(-n2cccn2)nc1.c1ccc(-n2cccn2)nc1. The first-order chi connectivity index (χ1) is 23.7. The van der Waals surface area contributed by atoms with Crippen molar-refractivity contribution in [3.05, 3.63) is 129 Å². The maximum atomic E-state index is 9.87. The molecule has 0 spiro atoms. The standard InChI is InChI=1S/3C8H7N3.Co.3F6P/c3*1-2-5-9-8(4-1)11-7-3-6-10-11;;3*1-7(2,3,4,5)6/h3*1-7H;;;;/q;;;+3;3*-1. The maximum Gasteiger partial charge on any atom is 3.00 e. The number of hydrogen-bond donors (Lipinski definition) is 0. The summed E-state index contributed by atoms with van der Waals surface area (Å²) in [5.74, 6) is 2.53. The van der Waals surface area contributed by atoms with E-state index in [4.69, 9.17) is 0 Å². The molecule has 0 fully saturated rings. The van der Waals surface area contributed by atoms with Crippen LogP contribution in [-0.4, -0.2) is 44.3 Å². The molecule has 0 N–H and O–H groups in total. The van der Waals surface area contributed by atoms with Gasteiger partial charge >= 0.3 is 116 Å². The van der Waals surface area contributed by atoms with Crippen molar-refractivity contribution >= 4 is 23.4 Å². The van der Waals surface area contributed by atoms with Crippen molar-refractivity contribution < 1.29 is 92.3 Å².